The topological polar surface area (TPSA) is 86.2 Å². The molecule has 0 bridgehead atoms. The summed E-state index contributed by atoms with van der Waals surface area (Å²) in [5.41, 5.74) is 6.77. The van der Waals surface area contributed by atoms with Crippen molar-refractivity contribution in [3.05, 3.63) is 29.8 Å². The van der Waals surface area contributed by atoms with Crippen LogP contribution in [-0.4, -0.2) is 14.5 Å². The Morgan fingerprint density at radius 2 is 1.67 bits per heavy atom. The van der Waals surface area contributed by atoms with E-state index in [0.29, 0.717) is 5.92 Å². The molecule has 0 aromatic heterocycles. The molecule has 15 heavy (non-hydrogen) atoms. The van der Waals surface area contributed by atoms with E-state index in [0.717, 1.165) is 12.0 Å². The molecule has 1 aromatic rings. The number of hydrogen-bond acceptors (Lipinski definition) is 3. The van der Waals surface area contributed by atoms with Gasteiger partial charge in [0, 0.05) is 12.0 Å². The van der Waals surface area contributed by atoms with E-state index in [1.54, 1.807) is 12.1 Å². The molecule has 6 heteroatoms. The van der Waals surface area contributed by atoms with Gasteiger partial charge in [0.15, 0.2) is 0 Å². The Hall–Kier alpha value is -0.620. The van der Waals surface area contributed by atoms with E-state index in [2.05, 4.69) is 0 Å². The number of hydrogen-bond donors (Lipinski definition) is 2. The maximum absolute atomic E-state index is 10.9. The average molecular weight is 249 g/mol. The van der Waals surface area contributed by atoms with Gasteiger partial charge in [0.2, 0.25) is 10.0 Å². The van der Waals surface area contributed by atoms with Crippen molar-refractivity contribution >= 4 is 22.4 Å². The van der Waals surface area contributed by atoms with Gasteiger partial charge in [0.25, 0.3) is 0 Å². The first-order valence-corrected chi connectivity index (χ1v) is 5.91. The third-order valence-corrected chi connectivity index (χ3v) is 3.41. The molecule has 0 heterocycles. The lowest BCUT2D eigenvalue weighted by atomic mass is 10.1. The summed E-state index contributed by atoms with van der Waals surface area (Å²) in [6.07, 6.45) is 0.981. The third kappa shape index (κ3) is 2.69. The first kappa shape index (κ1) is 12.4. The normalized spacial score (nSPS) is 24.4. The highest BCUT2D eigenvalue weighted by Crippen LogP contribution is 2.38. The maximum Gasteiger partial charge on any atom is 0.238 e. The van der Waals surface area contributed by atoms with Gasteiger partial charge in [0.1, 0.15) is 0 Å². The Balaban J connectivity index is 0.00000112. The highest BCUT2D eigenvalue weighted by atomic mass is 35.5. The second-order valence-electron chi connectivity index (χ2n) is 3.62. The number of rotatable bonds is 2. The van der Waals surface area contributed by atoms with Gasteiger partial charge in [-0.2, -0.15) is 0 Å². The fraction of sp³-hybridized carbons (Fsp3) is 0.333. The largest absolute Gasteiger partial charge is 0.327 e. The zero-order valence-corrected chi connectivity index (χ0v) is 9.59. The van der Waals surface area contributed by atoms with Crippen molar-refractivity contribution in [2.24, 2.45) is 10.9 Å². The van der Waals surface area contributed by atoms with E-state index < -0.39 is 10.0 Å². The fourth-order valence-corrected chi connectivity index (χ4v) is 2.02. The molecule has 4 nitrogen and oxygen atoms in total. The molecule has 0 radical (unpaired) electrons. The molecule has 1 aromatic carbocycles. The van der Waals surface area contributed by atoms with Crippen LogP contribution in [0.3, 0.4) is 0 Å². The molecule has 0 spiro atoms. The van der Waals surface area contributed by atoms with Gasteiger partial charge in [-0.1, -0.05) is 12.1 Å². The lowest BCUT2D eigenvalue weighted by Gasteiger charge is -2.00. The number of nitrogens with two attached hydrogens (primary N) is 2. The molecule has 0 amide bonds. The molecule has 1 fully saturated rings. The van der Waals surface area contributed by atoms with E-state index in [-0.39, 0.29) is 23.3 Å². The zero-order chi connectivity index (χ0) is 10.3. The highest BCUT2D eigenvalue weighted by Gasteiger charge is 2.34. The second kappa shape index (κ2) is 4.09. The van der Waals surface area contributed by atoms with Crippen LogP contribution in [0.1, 0.15) is 17.9 Å². The van der Waals surface area contributed by atoms with E-state index >= 15 is 0 Å². The summed E-state index contributed by atoms with van der Waals surface area (Å²) in [4.78, 5) is 0.149. The van der Waals surface area contributed by atoms with Crippen molar-refractivity contribution in [2.45, 2.75) is 23.3 Å². The predicted molar refractivity (Wildman–Crippen MR) is 60.4 cm³/mol. The van der Waals surface area contributed by atoms with E-state index in [1.807, 2.05) is 0 Å². The van der Waals surface area contributed by atoms with Crippen molar-refractivity contribution in [3.8, 4) is 0 Å². The molecule has 1 aliphatic carbocycles. The molecule has 1 saturated carbocycles. The lowest BCUT2D eigenvalue weighted by Crippen LogP contribution is -2.12. The summed E-state index contributed by atoms with van der Waals surface area (Å²) in [5, 5.41) is 4.97. The second-order valence-corrected chi connectivity index (χ2v) is 5.18. The smallest absolute Gasteiger partial charge is 0.238 e. The van der Waals surface area contributed by atoms with Crippen molar-refractivity contribution < 1.29 is 8.42 Å². The van der Waals surface area contributed by atoms with E-state index in [1.165, 1.54) is 12.1 Å². The zero-order valence-electron chi connectivity index (χ0n) is 7.96. The summed E-state index contributed by atoms with van der Waals surface area (Å²) in [5.74, 6) is 0.393. The monoisotopic (exact) mass is 248 g/mol. The first-order valence-electron chi connectivity index (χ1n) is 4.37. The van der Waals surface area contributed by atoms with Gasteiger partial charge in [-0.3, -0.25) is 0 Å². The molecule has 4 N–H and O–H groups in total. The van der Waals surface area contributed by atoms with Crippen LogP contribution in [0.2, 0.25) is 0 Å². The van der Waals surface area contributed by atoms with Crippen molar-refractivity contribution in [1.82, 2.24) is 0 Å². The van der Waals surface area contributed by atoms with Crippen LogP contribution in [0.15, 0.2) is 29.2 Å². The summed E-state index contributed by atoms with van der Waals surface area (Å²) < 4.78 is 21.9. The molecule has 0 unspecified atom stereocenters. The van der Waals surface area contributed by atoms with Crippen LogP contribution in [0.25, 0.3) is 0 Å². The number of halogens is 1. The summed E-state index contributed by atoms with van der Waals surface area (Å²) >= 11 is 0. The van der Waals surface area contributed by atoms with Gasteiger partial charge in [-0.15, -0.1) is 12.4 Å². The van der Waals surface area contributed by atoms with Gasteiger partial charge in [-0.05, 0) is 24.1 Å². The molecule has 0 saturated heterocycles. The Morgan fingerprint density at radius 1 is 1.20 bits per heavy atom. The molecule has 2 rings (SSSR count). The summed E-state index contributed by atoms with van der Waals surface area (Å²) in [6.45, 7) is 0. The molecule has 1 aliphatic rings. The Bertz CT molecular complexity index is 444. The molecular formula is C9H13ClN2O2S. The predicted octanol–water partition coefficient (Wildman–Crippen LogP) is 0.570. The molecule has 2 atom stereocenters. The quantitative estimate of drug-likeness (QED) is 0.802. The van der Waals surface area contributed by atoms with Crippen LogP contribution in [0, 0.1) is 0 Å². The minimum Gasteiger partial charge on any atom is -0.327 e. The van der Waals surface area contributed by atoms with Crippen LogP contribution in [-0.2, 0) is 10.0 Å². The van der Waals surface area contributed by atoms with Crippen molar-refractivity contribution in [2.75, 3.05) is 0 Å². The fourth-order valence-electron chi connectivity index (χ4n) is 1.50. The van der Waals surface area contributed by atoms with Crippen LogP contribution >= 0.6 is 12.4 Å². The Morgan fingerprint density at radius 3 is 2.00 bits per heavy atom. The van der Waals surface area contributed by atoms with Crippen LogP contribution in [0.5, 0.6) is 0 Å². The Labute approximate surface area is 95.1 Å². The first-order chi connectivity index (χ1) is 6.48. The van der Waals surface area contributed by atoms with Gasteiger partial charge in [0.05, 0.1) is 4.90 Å². The minimum absolute atomic E-state index is 0. The standard InChI is InChI=1S/C9H12N2O2S.ClH/c10-9-5-8(9)6-1-3-7(4-2-6)14(11,12)13;/h1-4,8-9H,5,10H2,(H2,11,12,13);1H/t8-,9+;/m0./s1. The maximum atomic E-state index is 10.9. The average Bonchev–Trinajstić information content (AvgIpc) is 2.81. The van der Waals surface area contributed by atoms with E-state index in [4.69, 9.17) is 10.9 Å². The lowest BCUT2D eigenvalue weighted by molar-refractivity contribution is 0.598. The number of benzene rings is 1. The highest BCUT2D eigenvalue weighted by molar-refractivity contribution is 7.89. The molecule has 84 valence electrons. The molecule has 0 aliphatic heterocycles. The van der Waals surface area contributed by atoms with Crippen LogP contribution < -0.4 is 10.9 Å². The number of sulfonamides is 1. The van der Waals surface area contributed by atoms with Gasteiger partial charge < -0.3 is 5.73 Å². The van der Waals surface area contributed by atoms with Gasteiger partial charge >= 0.3 is 0 Å². The van der Waals surface area contributed by atoms with Crippen molar-refractivity contribution in [3.63, 3.8) is 0 Å². The number of primary sulfonamides is 1. The summed E-state index contributed by atoms with van der Waals surface area (Å²) in [6, 6.07) is 6.83. The SMILES string of the molecule is Cl.N[C@@H]1C[C@H]1c1ccc(S(N)(=O)=O)cc1. The minimum atomic E-state index is -3.57. The van der Waals surface area contributed by atoms with Crippen molar-refractivity contribution in [1.29, 1.82) is 0 Å². The van der Waals surface area contributed by atoms with Crippen LogP contribution in [0.4, 0.5) is 0 Å². The third-order valence-electron chi connectivity index (χ3n) is 2.48. The van der Waals surface area contributed by atoms with Gasteiger partial charge in [-0.25, -0.2) is 13.6 Å². The van der Waals surface area contributed by atoms with E-state index in [9.17, 15) is 8.42 Å². The Kier molecular flexibility index (Phi) is 3.40. The summed E-state index contributed by atoms with van der Waals surface area (Å²) in [7, 11) is -3.57. The molecular weight excluding hydrogens is 236 g/mol.